The van der Waals surface area contributed by atoms with Gasteiger partial charge in [0, 0.05) is 12.3 Å². The summed E-state index contributed by atoms with van der Waals surface area (Å²) in [6.45, 7) is 6.65. The molecule has 0 N–H and O–H groups in total. The molecule has 0 saturated carbocycles. The molecule has 1 aliphatic rings. The number of allylic oxidation sites excluding steroid dienone is 2. The summed E-state index contributed by atoms with van der Waals surface area (Å²) in [6.07, 6.45) is 5.10. The standard InChI is InChI=1S/C8H11N/c1-3-8-5-4-6-9-7(8)2/h3,5H,1,4,6H2,2H3. The van der Waals surface area contributed by atoms with Crippen LogP contribution in [0.4, 0.5) is 0 Å². The molecule has 0 unspecified atom stereocenters. The van der Waals surface area contributed by atoms with Gasteiger partial charge in [-0.2, -0.15) is 0 Å². The van der Waals surface area contributed by atoms with E-state index in [-0.39, 0.29) is 0 Å². The highest BCUT2D eigenvalue weighted by molar-refractivity contribution is 6.01. The molecule has 0 bridgehead atoms. The molecule has 1 aliphatic heterocycles. The van der Waals surface area contributed by atoms with Crippen molar-refractivity contribution in [1.82, 2.24) is 0 Å². The number of hydrogen-bond acceptors (Lipinski definition) is 1. The van der Waals surface area contributed by atoms with Crippen molar-refractivity contribution in [2.75, 3.05) is 6.54 Å². The van der Waals surface area contributed by atoms with Crippen LogP contribution in [-0.2, 0) is 0 Å². The van der Waals surface area contributed by atoms with E-state index in [0.29, 0.717) is 0 Å². The van der Waals surface area contributed by atoms with Crippen LogP contribution in [-0.4, -0.2) is 12.3 Å². The molecule has 48 valence electrons. The second kappa shape index (κ2) is 2.62. The maximum atomic E-state index is 4.26. The Hall–Kier alpha value is -0.850. The van der Waals surface area contributed by atoms with Crippen molar-refractivity contribution in [2.45, 2.75) is 13.3 Å². The van der Waals surface area contributed by atoms with Gasteiger partial charge in [0.05, 0.1) is 0 Å². The molecule has 0 aliphatic carbocycles. The summed E-state index contributed by atoms with van der Waals surface area (Å²) < 4.78 is 0. The van der Waals surface area contributed by atoms with Crippen LogP contribution in [0.3, 0.4) is 0 Å². The summed E-state index contributed by atoms with van der Waals surface area (Å²) in [5.74, 6) is 0. The van der Waals surface area contributed by atoms with Crippen molar-refractivity contribution >= 4 is 5.71 Å². The van der Waals surface area contributed by atoms with E-state index in [0.717, 1.165) is 18.7 Å². The first kappa shape index (κ1) is 6.27. The van der Waals surface area contributed by atoms with E-state index in [1.165, 1.54) is 5.57 Å². The Bertz CT molecular complexity index is 175. The molecular weight excluding hydrogens is 110 g/mol. The first-order valence-electron chi connectivity index (χ1n) is 3.18. The van der Waals surface area contributed by atoms with Crippen LogP contribution in [0.15, 0.2) is 29.3 Å². The molecule has 0 saturated heterocycles. The first-order valence-corrected chi connectivity index (χ1v) is 3.18. The van der Waals surface area contributed by atoms with E-state index in [9.17, 15) is 0 Å². The number of hydrogen-bond donors (Lipinski definition) is 0. The van der Waals surface area contributed by atoms with Crippen molar-refractivity contribution in [1.29, 1.82) is 0 Å². The van der Waals surface area contributed by atoms with E-state index in [1.807, 2.05) is 13.0 Å². The summed E-state index contributed by atoms with van der Waals surface area (Å²) in [4.78, 5) is 4.26. The lowest BCUT2D eigenvalue weighted by Crippen LogP contribution is -2.01. The average molecular weight is 121 g/mol. The molecule has 0 atom stereocenters. The lowest BCUT2D eigenvalue weighted by molar-refractivity contribution is 0.983. The molecular formula is C8H11N. The van der Waals surface area contributed by atoms with Crippen LogP contribution >= 0.6 is 0 Å². The van der Waals surface area contributed by atoms with Crippen LogP contribution in [0, 0.1) is 0 Å². The molecule has 1 nitrogen and oxygen atoms in total. The number of aliphatic imine (C=N–C) groups is 1. The van der Waals surface area contributed by atoms with Gasteiger partial charge in [-0.25, -0.2) is 0 Å². The maximum Gasteiger partial charge on any atom is 0.0427 e. The molecule has 0 spiro atoms. The van der Waals surface area contributed by atoms with Gasteiger partial charge in [0.2, 0.25) is 0 Å². The Kier molecular flexibility index (Phi) is 1.83. The molecule has 1 heteroatoms. The molecule has 1 heterocycles. The van der Waals surface area contributed by atoms with Gasteiger partial charge in [0.1, 0.15) is 0 Å². The van der Waals surface area contributed by atoms with Gasteiger partial charge >= 0.3 is 0 Å². The molecule has 0 aromatic heterocycles. The van der Waals surface area contributed by atoms with Crippen molar-refractivity contribution in [3.8, 4) is 0 Å². The minimum absolute atomic E-state index is 0.948. The fraction of sp³-hybridized carbons (Fsp3) is 0.375. The topological polar surface area (TPSA) is 12.4 Å². The monoisotopic (exact) mass is 121 g/mol. The van der Waals surface area contributed by atoms with Crippen LogP contribution in [0.25, 0.3) is 0 Å². The second-order valence-electron chi connectivity index (χ2n) is 2.12. The maximum absolute atomic E-state index is 4.26. The normalized spacial score (nSPS) is 18.3. The lowest BCUT2D eigenvalue weighted by atomic mass is 10.1. The van der Waals surface area contributed by atoms with Crippen molar-refractivity contribution in [2.24, 2.45) is 4.99 Å². The zero-order chi connectivity index (χ0) is 6.69. The van der Waals surface area contributed by atoms with Gasteiger partial charge in [0.15, 0.2) is 0 Å². The van der Waals surface area contributed by atoms with Gasteiger partial charge < -0.3 is 0 Å². The van der Waals surface area contributed by atoms with Crippen LogP contribution in [0.2, 0.25) is 0 Å². The highest BCUT2D eigenvalue weighted by Crippen LogP contribution is 2.06. The number of dihydropyridines is 1. The number of nitrogens with zero attached hydrogens (tertiary/aromatic N) is 1. The molecule has 1 rings (SSSR count). The molecule has 9 heavy (non-hydrogen) atoms. The Morgan fingerprint density at radius 2 is 2.56 bits per heavy atom. The van der Waals surface area contributed by atoms with Gasteiger partial charge in [-0.3, -0.25) is 4.99 Å². The molecule has 0 amide bonds. The van der Waals surface area contributed by atoms with E-state index in [4.69, 9.17) is 0 Å². The Morgan fingerprint density at radius 1 is 1.78 bits per heavy atom. The second-order valence-corrected chi connectivity index (χ2v) is 2.12. The third kappa shape index (κ3) is 1.28. The molecule has 0 radical (unpaired) electrons. The van der Waals surface area contributed by atoms with Gasteiger partial charge in [0.25, 0.3) is 0 Å². The van der Waals surface area contributed by atoms with Crippen LogP contribution in [0.1, 0.15) is 13.3 Å². The highest BCUT2D eigenvalue weighted by Gasteiger charge is 1.99. The Morgan fingerprint density at radius 3 is 3.00 bits per heavy atom. The third-order valence-corrected chi connectivity index (χ3v) is 1.48. The average Bonchev–Trinajstić information content (AvgIpc) is 1.89. The van der Waals surface area contributed by atoms with Crippen molar-refractivity contribution in [3.63, 3.8) is 0 Å². The van der Waals surface area contributed by atoms with Crippen LogP contribution < -0.4 is 0 Å². The summed E-state index contributed by atoms with van der Waals surface area (Å²) in [5, 5.41) is 0. The minimum atomic E-state index is 0.948. The molecule has 0 fully saturated rings. The smallest absolute Gasteiger partial charge is 0.0427 e. The van der Waals surface area contributed by atoms with Gasteiger partial charge in [-0.15, -0.1) is 0 Å². The largest absolute Gasteiger partial charge is 0.289 e. The van der Waals surface area contributed by atoms with E-state index in [1.54, 1.807) is 0 Å². The fourth-order valence-corrected chi connectivity index (χ4v) is 0.922. The number of rotatable bonds is 1. The molecule has 0 aromatic rings. The van der Waals surface area contributed by atoms with E-state index >= 15 is 0 Å². The zero-order valence-corrected chi connectivity index (χ0v) is 5.72. The van der Waals surface area contributed by atoms with Crippen molar-refractivity contribution < 1.29 is 0 Å². The quantitative estimate of drug-likeness (QED) is 0.503. The predicted octanol–water partition coefficient (Wildman–Crippen LogP) is 1.96. The Labute approximate surface area is 55.8 Å². The van der Waals surface area contributed by atoms with E-state index < -0.39 is 0 Å². The summed E-state index contributed by atoms with van der Waals surface area (Å²) in [6, 6.07) is 0. The highest BCUT2D eigenvalue weighted by atomic mass is 14.7. The van der Waals surface area contributed by atoms with Gasteiger partial charge in [-0.1, -0.05) is 18.7 Å². The predicted molar refractivity (Wildman–Crippen MR) is 40.9 cm³/mol. The minimum Gasteiger partial charge on any atom is -0.289 e. The summed E-state index contributed by atoms with van der Waals surface area (Å²) >= 11 is 0. The van der Waals surface area contributed by atoms with E-state index in [2.05, 4.69) is 17.6 Å². The van der Waals surface area contributed by atoms with Gasteiger partial charge in [-0.05, 0) is 18.9 Å². The SMILES string of the molecule is C=CC1=CCCN=C1C. The lowest BCUT2D eigenvalue weighted by Gasteiger charge is -2.05. The third-order valence-electron chi connectivity index (χ3n) is 1.48. The summed E-state index contributed by atoms with van der Waals surface area (Å²) in [7, 11) is 0. The zero-order valence-electron chi connectivity index (χ0n) is 5.72. The Balaban J connectivity index is 2.79. The fourth-order valence-electron chi connectivity index (χ4n) is 0.922. The molecule has 0 aromatic carbocycles. The van der Waals surface area contributed by atoms with Crippen LogP contribution in [0.5, 0.6) is 0 Å². The summed E-state index contributed by atoms with van der Waals surface area (Å²) in [5.41, 5.74) is 2.32. The van der Waals surface area contributed by atoms with Crippen molar-refractivity contribution in [3.05, 3.63) is 24.3 Å². The first-order chi connectivity index (χ1) is 4.34.